The predicted molar refractivity (Wildman–Crippen MR) is 48.0 cm³/mol. The van der Waals surface area contributed by atoms with Gasteiger partial charge in [0.1, 0.15) is 6.26 Å². The highest BCUT2D eigenvalue weighted by molar-refractivity contribution is 7.90. The topological polar surface area (TPSA) is 55.9 Å². The molecule has 1 aromatic rings. The first kappa shape index (κ1) is 9.35. The van der Waals surface area contributed by atoms with Crippen LogP contribution in [0.1, 0.15) is 21.7 Å². The number of aryl methyl sites for hydroxylation is 2. The van der Waals surface area contributed by atoms with Crippen LogP contribution in [-0.4, -0.2) is 22.1 Å². The SMILES string of the molecule is Cc1[nH]c(C)c([S+](C)[O-])c1C=O. The third-order valence-corrected chi connectivity index (χ3v) is 2.87. The largest absolute Gasteiger partial charge is 0.612 e. The van der Waals surface area contributed by atoms with E-state index in [2.05, 4.69) is 4.98 Å². The number of hydrogen-bond acceptors (Lipinski definition) is 2. The number of carbonyl (C=O) groups excluding carboxylic acids is 1. The number of rotatable bonds is 2. The van der Waals surface area contributed by atoms with Gasteiger partial charge in [0, 0.05) is 5.69 Å². The second kappa shape index (κ2) is 3.33. The van der Waals surface area contributed by atoms with Crippen molar-refractivity contribution >= 4 is 17.5 Å². The van der Waals surface area contributed by atoms with Crippen molar-refractivity contribution in [1.29, 1.82) is 0 Å². The summed E-state index contributed by atoms with van der Waals surface area (Å²) in [6, 6.07) is 0. The van der Waals surface area contributed by atoms with Crippen molar-refractivity contribution < 1.29 is 9.35 Å². The van der Waals surface area contributed by atoms with Gasteiger partial charge in [0.2, 0.25) is 0 Å². The van der Waals surface area contributed by atoms with Crippen LogP contribution >= 0.6 is 0 Å². The quantitative estimate of drug-likeness (QED) is 0.555. The Bertz CT molecular complexity index is 304. The van der Waals surface area contributed by atoms with E-state index in [4.69, 9.17) is 0 Å². The van der Waals surface area contributed by atoms with Gasteiger partial charge in [-0.15, -0.1) is 0 Å². The third kappa shape index (κ3) is 1.40. The van der Waals surface area contributed by atoms with Gasteiger partial charge in [-0.3, -0.25) is 4.79 Å². The van der Waals surface area contributed by atoms with Crippen molar-refractivity contribution in [3.05, 3.63) is 17.0 Å². The Morgan fingerprint density at radius 1 is 1.42 bits per heavy atom. The molecular formula is C8H11NO2S. The van der Waals surface area contributed by atoms with Gasteiger partial charge < -0.3 is 9.54 Å². The summed E-state index contributed by atoms with van der Waals surface area (Å²) in [7, 11) is 0. The summed E-state index contributed by atoms with van der Waals surface area (Å²) in [5, 5.41) is 0. The second-order valence-corrected chi connectivity index (χ2v) is 4.01. The zero-order chi connectivity index (χ0) is 9.30. The average molecular weight is 185 g/mol. The molecule has 4 heteroatoms. The standard InChI is InChI=1S/C8H11NO2S/c1-5-7(4-10)8(12(3)11)6(2)9-5/h4,9H,1-3H3. The van der Waals surface area contributed by atoms with Gasteiger partial charge in [-0.2, -0.15) is 0 Å². The van der Waals surface area contributed by atoms with Crippen molar-refractivity contribution in [3.8, 4) is 0 Å². The lowest BCUT2D eigenvalue weighted by Gasteiger charge is -2.03. The predicted octanol–water partition coefficient (Wildman–Crippen LogP) is 1.18. The maximum atomic E-state index is 11.2. The fourth-order valence-electron chi connectivity index (χ4n) is 1.29. The number of aromatic amines is 1. The molecule has 0 aliphatic rings. The minimum absolute atomic E-state index is 0.535. The van der Waals surface area contributed by atoms with Crippen LogP contribution in [0.4, 0.5) is 0 Å². The highest BCUT2D eigenvalue weighted by Crippen LogP contribution is 2.21. The molecule has 12 heavy (non-hydrogen) atoms. The van der Waals surface area contributed by atoms with Gasteiger partial charge in [0.05, 0.1) is 11.3 Å². The summed E-state index contributed by atoms with van der Waals surface area (Å²) in [5.41, 5.74) is 2.14. The number of hydrogen-bond donors (Lipinski definition) is 1. The lowest BCUT2D eigenvalue weighted by atomic mass is 10.3. The van der Waals surface area contributed by atoms with Crippen molar-refractivity contribution in [3.63, 3.8) is 0 Å². The van der Waals surface area contributed by atoms with Gasteiger partial charge in [-0.1, -0.05) is 0 Å². The van der Waals surface area contributed by atoms with E-state index in [9.17, 15) is 9.35 Å². The zero-order valence-electron chi connectivity index (χ0n) is 7.30. The summed E-state index contributed by atoms with van der Waals surface area (Å²) in [5.74, 6) is 0. The molecule has 0 saturated carbocycles. The molecule has 0 amide bonds. The van der Waals surface area contributed by atoms with Crippen molar-refractivity contribution in [2.45, 2.75) is 18.7 Å². The molecule has 0 spiro atoms. The molecule has 1 unspecified atom stereocenters. The van der Waals surface area contributed by atoms with E-state index in [-0.39, 0.29) is 0 Å². The van der Waals surface area contributed by atoms with E-state index in [1.165, 1.54) is 0 Å². The van der Waals surface area contributed by atoms with Gasteiger partial charge in [0.15, 0.2) is 11.2 Å². The Hall–Kier alpha value is -0.740. The summed E-state index contributed by atoms with van der Waals surface area (Å²) in [6.07, 6.45) is 2.32. The van der Waals surface area contributed by atoms with Gasteiger partial charge in [-0.25, -0.2) is 0 Å². The van der Waals surface area contributed by atoms with Crippen LogP contribution in [0.25, 0.3) is 0 Å². The lowest BCUT2D eigenvalue weighted by molar-refractivity contribution is 0.112. The van der Waals surface area contributed by atoms with Gasteiger partial charge in [-0.05, 0) is 25.0 Å². The Labute approximate surface area is 74.4 Å². The zero-order valence-corrected chi connectivity index (χ0v) is 8.12. The molecule has 0 fully saturated rings. The monoisotopic (exact) mass is 185 g/mol. The first-order valence-electron chi connectivity index (χ1n) is 3.55. The molecular weight excluding hydrogens is 174 g/mol. The lowest BCUT2D eigenvalue weighted by Crippen LogP contribution is -2.01. The number of aromatic nitrogens is 1. The minimum atomic E-state index is -1.09. The Morgan fingerprint density at radius 2 is 2.00 bits per heavy atom. The van der Waals surface area contributed by atoms with Crippen LogP contribution in [0, 0.1) is 13.8 Å². The second-order valence-electron chi connectivity index (χ2n) is 2.69. The highest BCUT2D eigenvalue weighted by Gasteiger charge is 2.19. The van der Waals surface area contributed by atoms with Crippen molar-refractivity contribution in [2.24, 2.45) is 0 Å². The molecule has 0 aromatic carbocycles. The summed E-state index contributed by atoms with van der Waals surface area (Å²) in [4.78, 5) is 14.2. The molecule has 0 saturated heterocycles. The van der Waals surface area contributed by atoms with Crippen LogP contribution in [0.3, 0.4) is 0 Å². The van der Waals surface area contributed by atoms with Gasteiger partial charge in [0.25, 0.3) is 0 Å². The van der Waals surface area contributed by atoms with Gasteiger partial charge >= 0.3 is 0 Å². The van der Waals surface area contributed by atoms with Crippen molar-refractivity contribution in [2.75, 3.05) is 6.26 Å². The highest BCUT2D eigenvalue weighted by atomic mass is 32.2. The van der Waals surface area contributed by atoms with Crippen LogP contribution in [-0.2, 0) is 11.2 Å². The third-order valence-electron chi connectivity index (χ3n) is 1.77. The number of aldehydes is 1. The molecule has 1 N–H and O–H groups in total. The fraction of sp³-hybridized carbons (Fsp3) is 0.375. The minimum Gasteiger partial charge on any atom is -0.612 e. The number of H-pyrrole nitrogens is 1. The van der Waals surface area contributed by atoms with E-state index in [0.717, 1.165) is 17.7 Å². The molecule has 0 aliphatic carbocycles. The average Bonchev–Trinajstić information content (AvgIpc) is 2.24. The van der Waals surface area contributed by atoms with E-state index in [1.54, 1.807) is 13.2 Å². The van der Waals surface area contributed by atoms with E-state index in [0.29, 0.717) is 10.5 Å². The molecule has 1 atom stereocenters. The molecule has 1 heterocycles. The first-order chi connectivity index (χ1) is 5.57. The van der Waals surface area contributed by atoms with Crippen LogP contribution < -0.4 is 0 Å². The normalized spacial score (nSPS) is 13.0. The molecule has 1 aromatic heterocycles. The molecule has 0 aliphatic heterocycles. The van der Waals surface area contributed by atoms with E-state index in [1.807, 2.05) is 6.92 Å². The molecule has 0 bridgehead atoms. The van der Waals surface area contributed by atoms with E-state index < -0.39 is 11.2 Å². The fourth-order valence-corrected chi connectivity index (χ4v) is 2.28. The first-order valence-corrected chi connectivity index (χ1v) is 5.11. The van der Waals surface area contributed by atoms with Crippen LogP contribution in [0.5, 0.6) is 0 Å². The maximum absolute atomic E-state index is 11.2. The number of nitrogens with one attached hydrogen (secondary N) is 1. The Kier molecular flexibility index (Phi) is 2.59. The van der Waals surface area contributed by atoms with Crippen LogP contribution in [0.2, 0.25) is 0 Å². The Morgan fingerprint density at radius 3 is 2.33 bits per heavy atom. The Balaban J connectivity index is 3.32. The van der Waals surface area contributed by atoms with E-state index >= 15 is 0 Å². The maximum Gasteiger partial charge on any atom is 0.183 e. The summed E-state index contributed by atoms with van der Waals surface area (Å²) >= 11 is -1.09. The van der Waals surface area contributed by atoms with Crippen LogP contribution in [0.15, 0.2) is 4.90 Å². The molecule has 1 rings (SSSR count). The summed E-state index contributed by atoms with van der Waals surface area (Å²) < 4.78 is 11.2. The molecule has 0 radical (unpaired) electrons. The number of carbonyl (C=O) groups is 1. The smallest absolute Gasteiger partial charge is 0.183 e. The molecule has 66 valence electrons. The summed E-state index contributed by atoms with van der Waals surface area (Å²) in [6.45, 7) is 3.61. The van der Waals surface area contributed by atoms with Crippen molar-refractivity contribution in [1.82, 2.24) is 4.98 Å². The molecule has 3 nitrogen and oxygen atoms in total.